The maximum Gasteiger partial charge on any atom is 0.306 e. The molecule has 0 saturated heterocycles. The van der Waals surface area contributed by atoms with E-state index in [1.54, 1.807) is 0 Å². The van der Waals surface area contributed by atoms with E-state index in [2.05, 4.69) is 41.5 Å². The summed E-state index contributed by atoms with van der Waals surface area (Å²) in [5.74, 6) is 1.60. The highest BCUT2D eigenvalue weighted by Gasteiger charge is 2.19. The number of hydrogen-bond donors (Lipinski definition) is 0. The summed E-state index contributed by atoms with van der Waals surface area (Å²) in [6, 6.07) is 0. The third kappa shape index (κ3) is 40.1. The Morgan fingerprint density at radius 2 is 0.648 bits per heavy atom. The Morgan fingerprint density at radius 3 is 0.963 bits per heavy atom. The zero-order valence-electron chi connectivity index (χ0n) is 37.0. The topological polar surface area (TPSA) is 78.9 Å². The standard InChI is InChI=1S/C48H92O6/c1-7-44(6)36-30-24-18-13-15-21-27-33-39-48(51)54-45(41-53-47(50)38-32-26-20-14-12-17-23-29-35-43(4)5)40-52-46(49)37-31-25-19-11-9-8-10-16-22-28-34-42(2)3/h42-45H,7-41H2,1-6H3/t44?,45-/m1/s1. The number of carbonyl (C=O) groups is 3. The Labute approximate surface area is 336 Å². The second-order valence-electron chi connectivity index (χ2n) is 17.6. The third-order valence-corrected chi connectivity index (χ3v) is 11.0. The molecular formula is C48H92O6. The number of carbonyl (C=O) groups excluding carboxylic acids is 3. The molecule has 0 aliphatic heterocycles. The van der Waals surface area contributed by atoms with Gasteiger partial charge in [-0.3, -0.25) is 14.4 Å². The molecule has 0 aromatic carbocycles. The van der Waals surface area contributed by atoms with Crippen molar-refractivity contribution in [2.45, 2.75) is 260 Å². The van der Waals surface area contributed by atoms with Crippen LogP contribution in [0.25, 0.3) is 0 Å². The van der Waals surface area contributed by atoms with Crippen LogP contribution < -0.4 is 0 Å². The second-order valence-corrected chi connectivity index (χ2v) is 17.6. The van der Waals surface area contributed by atoms with Crippen molar-refractivity contribution in [3.05, 3.63) is 0 Å². The van der Waals surface area contributed by atoms with Crippen LogP contribution in [0.15, 0.2) is 0 Å². The van der Waals surface area contributed by atoms with Gasteiger partial charge in [-0.15, -0.1) is 0 Å². The zero-order chi connectivity index (χ0) is 39.9. The van der Waals surface area contributed by atoms with Gasteiger partial charge in [0.15, 0.2) is 6.10 Å². The number of unbranched alkanes of at least 4 members (excludes halogenated alkanes) is 23. The van der Waals surface area contributed by atoms with E-state index in [4.69, 9.17) is 14.2 Å². The average molecular weight is 765 g/mol. The first-order chi connectivity index (χ1) is 26.1. The second kappa shape index (κ2) is 39.6. The molecule has 54 heavy (non-hydrogen) atoms. The maximum atomic E-state index is 12.7. The van der Waals surface area contributed by atoms with E-state index in [-0.39, 0.29) is 31.1 Å². The van der Waals surface area contributed by atoms with E-state index in [0.717, 1.165) is 75.5 Å². The molecule has 0 heterocycles. The van der Waals surface area contributed by atoms with Gasteiger partial charge in [0.05, 0.1) is 0 Å². The molecule has 6 heteroatoms. The smallest absolute Gasteiger partial charge is 0.306 e. The molecule has 2 atom stereocenters. The highest BCUT2D eigenvalue weighted by molar-refractivity contribution is 5.71. The highest BCUT2D eigenvalue weighted by Crippen LogP contribution is 2.17. The molecule has 0 fully saturated rings. The molecule has 0 aliphatic carbocycles. The number of ether oxygens (including phenoxy) is 3. The average Bonchev–Trinajstić information content (AvgIpc) is 3.14. The van der Waals surface area contributed by atoms with Crippen molar-refractivity contribution >= 4 is 17.9 Å². The minimum Gasteiger partial charge on any atom is -0.462 e. The summed E-state index contributed by atoms with van der Waals surface area (Å²) in [7, 11) is 0. The Bertz CT molecular complexity index is 839. The molecule has 0 bridgehead atoms. The van der Waals surface area contributed by atoms with E-state index >= 15 is 0 Å². The molecule has 0 aromatic heterocycles. The molecule has 6 nitrogen and oxygen atoms in total. The lowest BCUT2D eigenvalue weighted by Gasteiger charge is -2.18. The largest absolute Gasteiger partial charge is 0.462 e. The van der Waals surface area contributed by atoms with Crippen molar-refractivity contribution in [2.75, 3.05) is 13.2 Å². The lowest BCUT2D eigenvalue weighted by molar-refractivity contribution is -0.167. The van der Waals surface area contributed by atoms with Gasteiger partial charge in [0.2, 0.25) is 0 Å². The molecule has 0 N–H and O–H groups in total. The van der Waals surface area contributed by atoms with Gasteiger partial charge >= 0.3 is 17.9 Å². The molecule has 0 saturated carbocycles. The Kier molecular flexibility index (Phi) is 38.5. The lowest BCUT2D eigenvalue weighted by atomic mass is 9.99. The summed E-state index contributed by atoms with van der Waals surface area (Å²) in [4.78, 5) is 37.8. The lowest BCUT2D eigenvalue weighted by Crippen LogP contribution is -2.30. The monoisotopic (exact) mass is 765 g/mol. The molecule has 0 aliphatic rings. The van der Waals surface area contributed by atoms with Gasteiger partial charge in [0.25, 0.3) is 0 Å². The van der Waals surface area contributed by atoms with Gasteiger partial charge in [-0.2, -0.15) is 0 Å². The van der Waals surface area contributed by atoms with Gasteiger partial charge in [-0.25, -0.2) is 0 Å². The Morgan fingerprint density at radius 1 is 0.370 bits per heavy atom. The van der Waals surface area contributed by atoms with Crippen molar-refractivity contribution < 1.29 is 28.6 Å². The molecule has 0 radical (unpaired) electrons. The Hall–Kier alpha value is -1.59. The first kappa shape index (κ1) is 52.4. The van der Waals surface area contributed by atoms with Crippen LogP contribution in [-0.4, -0.2) is 37.2 Å². The molecule has 1 unspecified atom stereocenters. The molecule has 0 rings (SSSR count). The first-order valence-corrected chi connectivity index (χ1v) is 23.6. The van der Waals surface area contributed by atoms with Gasteiger partial charge in [0.1, 0.15) is 13.2 Å². The Balaban J connectivity index is 4.35. The number of esters is 3. The van der Waals surface area contributed by atoms with Crippen LogP contribution in [0, 0.1) is 17.8 Å². The summed E-state index contributed by atoms with van der Waals surface area (Å²) in [6.07, 6.45) is 36.6. The van der Waals surface area contributed by atoms with Crippen LogP contribution in [0.1, 0.15) is 253 Å². The highest BCUT2D eigenvalue weighted by atomic mass is 16.6. The number of rotatable bonds is 41. The van der Waals surface area contributed by atoms with E-state index in [1.165, 1.54) is 135 Å². The van der Waals surface area contributed by atoms with Crippen molar-refractivity contribution in [3.8, 4) is 0 Å². The van der Waals surface area contributed by atoms with Gasteiger partial charge in [-0.05, 0) is 37.0 Å². The van der Waals surface area contributed by atoms with Gasteiger partial charge in [0, 0.05) is 19.3 Å². The fourth-order valence-corrected chi connectivity index (χ4v) is 7.02. The van der Waals surface area contributed by atoms with E-state index in [1.807, 2.05) is 0 Å². The molecule has 0 amide bonds. The minimum absolute atomic E-state index is 0.0662. The fraction of sp³-hybridized carbons (Fsp3) is 0.938. The summed E-state index contributed by atoms with van der Waals surface area (Å²) < 4.78 is 16.7. The van der Waals surface area contributed by atoms with Gasteiger partial charge < -0.3 is 14.2 Å². The minimum atomic E-state index is -0.762. The van der Waals surface area contributed by atoms with Crippen LogP contribution in [0.4, 0.5) is 0 Å². The van der Waals surface area contributed by atoms with Crippen LogP contribution in [0.2, 0.25) is 0 Å². The van der Waals surface area contributed by atoms with E-state index in [0.29, 0.717) is 19.3 Å². The number of hydrogen-bond acceptors (Lipinski definition) is 6. The maximum absolute atomic E-state index is 12.7. The van der Waals surface area contributed by atoms with Crippen molar-refractivity contribution in [3.63, 3.8) is 0 Å². The molecule has 0 aromatic rings. The van der Waals surface area contributed by atoms with E-state index in [9.17, 15) is 14.4 Å². The van der Waals surface area contributed by atoms with Gasteiger partial charge in [-0.1, -0.05) is 215 Å². The van der Waals surface area contributed by atoms with Crippen LogP contribution in [0.5, 0.6) is 0 Å². The predicted molar refractivity (Wildman–Crippen MR) is 229 cm³/mol. The summed E-state index contributed by atoms with van der Waals surface area (Å²) >= 11 is 0. The van der Waals surface area contributed by atoms with Crippen molar-refractivity contribution in [1.29, 1.82) is 0 Å². The molecular weight excluding hydrogens is 673 g/mol. The zero-order valence-corrected chi connectivity index (χ0v) is 37.0. The third-order valence-electron chi connectivity index (χ3n) is 11.0. The molecule has 0 spiro atoms. The first-order valence-electron chi connectivity index (χ1n) is 23.6. The SMILES string of the molecule is CCC(C)CCCCCCCCCCC(=O)O[C@H](COC(=O)CCCCCCCCCCCCC(C)C)COC(=O)CCCCCCCCCCC(C)C. The van der Waals surface area contributed by atoms with Crippen LogP contribution in [0.3, 0.4) is 0 Å². The molecule has 320 valence electrons. The summed E-state index contributed by atoms with van der Waals surface area (Å²) in [5, 5.41) is 0. The van der Waals surface area contributed by atoms with Crippen molar-refractivity contribution in [2.24, 2.45) is 17.8 Å². The normalized spacial score (nSPS) is 12.7. The van der Waals surface area contributed by atoms with E-state index < -0.39 is 6.10 Å². The predicted octanol–water partition coefficient (Wildman–Crippen LogP) is 14.8. The quantitative estimate of drug-likeness (QED) is 0.0350. The van der Waals surface area contributed by atoms with Crippen LogP contribution >= 0.6 is 0 Å². The fourth-order valence-electron chi connectivity index (χ4n) is 7.02. The van der Waals surface area contributed by atoms with Crippen molar-refractivity contribution in [1.82, 2.24) is 0 Å². The van der Waals surface area contributed by atoms with Crippen LogP contribution in [-0.2, 0) is 28.6 Å². The summed E-state index contributed by atoms with van der Waals surface area (Å²) in [5.41, 5.74) is 0. The summed E-state index contributed by atoms with van der Waals surface area (Å²) in [6.45, 7) is 13.7.